The molecule has 1 fully saturated rings. The summed E-state index contributed by atoms with van der Waals surface area (Å²) in [5.74, 6) is 0.871. The van der Waals surface area contributed by atoms with E-state index >= 15 is 0 Å². The van der Waals surface area contributed by atoms with Gasteiger partial charge in [0.05, 0.1) is 11.1 Å². The van der Waals surface area contributed by atoms with Crippen molar-refractivity contribution in [2.75, 3.05) is 26.7 Å². The van der Waals surface area contributed by atoms with Crippen molar-refractivity contribution in [3.05, 3.63) is 16.1 Å². The minimum absolute atomic E-state index is 0. The van der Waals surface area contributed by atoms with Crippen molar-refractivity contribution in [2.24, 2.45) is 4.99 Å². The molecule has 0 radical (unpaired) electrons. The zero-order valence-corrected chi connectivity index (χ0v) is 16.6. The minimum Gasteiger partial charge on any atom is -0.376 e. The van der Waals surface area contributed by atoms with Crippen molar-refractivity contribution in [1.82, 2.24) is 15.6 Å². The predicted molar refractivity (Wildman–Crippen MR) is 104 cm³/mol. The maximum atomic E-state index is 5.59. The van der Waals surface area contributed by atoms with Gasteiger partial charge in [-0.15, -0.1) is 35.3 Å². The Morgan fingerprint density at radius 1 is 1.45 bits per heavy atom. The number of aryl methyl sites for hydroxylation is 2. The van der Waals surface area contributed by atoms with Crippen LogP contribution in [0.5, 0.6) is 0 Å². The molecule has 7 heteroatoms. The van der Waals surface area contributed by atoms with Gasteiger partial charge in [-0.2, -0.15) is 0 Å². The van der Waals surface area contributed by atoms with E-state index in [4.69, 9.17) is 4.74 Å². The van der Waals surface area contributed by atoms with Crippen LogP contribution >= 0.6 is 35.3 Å². The van der Waals surface area contributed by atoms with Gasteiger partial charge >= 0.3 is 0 Å². The Bertz CT molecular complexity index is 447. The molecule has 0 saturated carbocycles. The Morgan fingerprint density at radius 3 is 2.95 bits per heavy atom. The van der Waals surface area contributed by atoms with Crippen LogP contribution in [-0.4, -0.2) is 43.8 Å². The molecule has 2 heterocycles. The van der Waals surface area contributed by atoms with E-state index in [-0.39, 0.29) is 24.0 Å². The SMILES string of the molecule is CN=C(NCCCCc1nc(C)cs1)NCC1CCCO1.I. The third-order valence-corrected chi connectivity index (χ3v) is 4.55. The highest BCUT2D eigenvalue weighted by Crippen LogP contribution is 2.11. The average Bonchev–Trinajstić information content (AvgIpc) is 3.13. The van der Waals surface area contributed by atoms with Crippen LogP contribution in [0, 0.1) is 6.92 Å². The van der Waals surface area contributed by atoms with E-state index in [2.05, 4.69) is 26.0 Å². The Balaban J connectivity index is 0.00000242. The van der Waals surface area contributed by atoms with Gasteiger partial charge in [-0.1, -0.05) is 0 Å². The lowest BCUT2D eigenvalue weighted by molar-refractivity contribution is 0.114. The lowest BCUT2D eigenvalue weighted by Gasteiger charge is -2.14. The van der Waals surface area contributed by atoms with Gasteiger partial charge in [-0.3, -0.25) is 4.99 Å². The molecule has 0 spiro atoms. The lowest BCUT2D eigenvalue weighted by Crippen LogP contribution is -2.41. The van der Waals surface area contributed by atoms with Crippen LogP contribution in [0.2, 0.25) is 0 Å². The maximum Gasteiger partial charge on any atom is 0.191 e. The molecule has 0 amide bonds. The van der Waals surface area contributed by atoms with Crippen molar-refractivity contribution in [3.63, 3.8) is 0 Å². The normalized spacial score (nSPS) is 18.1. The Hall–Kier alpha value is -0.410. The number of unbranched alkanes of at least 4 members (excludes halogenated alkanes) is 1. The molecule has 1 saturated heterocycles. The summed E-state index contributed by atoms with van der Waals surface area (Å²) in [5, 5.41) is 10.0. The molecule has 5 nitrogen and oxygen atoms in total. The largest absolute Gasteiger partial charge is 0.376 e. The quantitative estimate of drug-likeness (QED) is 0.298. The molecule has 126 valence electrons. The zero-order chi connectivity index (χ0) is 14.9. The highest BCUT2D eigenvalue weighted by Gasteiger charge is 2.15. The topological polar surface area (TPSA) is 58.5 Å². The van der Waals surface area contributed by atoms with Crippen molar-refractivity contribution in [2.45, 2.75) is 45.1 Å². The van der Waals surface area contributed by atoms with Gasteiger partial charge in [-0.25, -0.2) is 4.98 Å². The summed E-state index contributed by atoms with van der Waals surface area (Å²) in [7, 11) is 1.81. The summed E-state index contributed by atoms with van der Waals surface area (Å²) in [6, 6.07) is 0. The minimum atomic E-state index is 0. The Morgan fingerprint density at radius 2 is 2.32 bits per heavy atom. The molecule has 1 aliphatic rings. The van der Waals surface area contributed by atoms with E-state index < -0.39 is 0 Å². The molecule has 1 aromatic rings. The number of guanidine groups is 1. The maximum absolute atomic E-state index is 5.59. The summed E-state index contributed by atoms with van der Waals surface area (Å²) in [6.07, 6.45) is 6.02. The average molecular weight is 438 g/mol. The molecule has 2 N–H and O–H groups in total. The highest BCUT2D eigenvalue weighted by atomic mass is 127. The van der Waals surface area contributed by atoms with Gasteiger partial charge < -0.3 is 15.4 Å². The van der Waals surface area contributed by atoms with Crippen LogP contribution < -0.4 is 10.6 Å². The van der Waals surface area contributed by atoms with Gasteiger partial charge in [0.15, 0.2) is 5.96 Å². The number of hydrogen-bond donors (Lipinski definition) is 2. The summed E-state index contributed by atoms with van der Waals surface area (Å²) >= 11 is 1.76. The fourth-order valence-electron chi connectivity index (χ4n) is 2.36. The van der Waals surface area contributed by atoms with Gasteiger partial charge in [0.25, 0.3) is 0 Å². The lowest BCUT2D eigenvalue weighted by atomic mass is 10.2. The molecule has 1 aromatic heterocycles. The molecule has 0 aromatic carbocycles. The fraction of sp³-hybridized carbons (Fsp3) is 0.733. The van der Waals surface area contributed by atoms with Crippen LogP contribution in [0.25, 0.3) is 0 Å². The number of nitrogens with zero attached hydrogens (tertiary/aromatic N) is 2. The van der Waals surface area contributed by atoms with Crippen molar-refractivity contribution >= 4 is 41.3 Å². The summed E-state index contributed by atoms with van der Waals surface area (Å²) < 4.78 is 5.59. The van der Waals surface area contributed by atoms with Gasteiger partial charge in [-0.05, 0) is 39.0 Å². The predicted octanol–water partition coefficient (Wildman–Crippen LogP) is 2.74. The first-order chi connectivity index (χ1) is 10.3. The van der Waals surface area contributed by atoms with Crippen LogP contribution in [0.15, 0.2) is 10.4 Å². The second-order valence-corrected chi connectivity index (χ2v) is 6.30. The van der Waals surface area contributed by atoms with Crippen LogP contribution in [0.4, 0.5) is 0 Å². The van der Waals surface area contributed by atoms with E-state index in [0.717, 1.165) is 57.0 Å². The first kappa shape index (κ1) is 19.6. The van der Waals surface area contributed by atoms with Gasteiger partial charge in [0.1, 0.15) is 0 Å². The van der Waals surface area contributed by atoms with Crippen molar-refractivity contribution < 1.29 is 4.74 Å². The highest BCUT2D eigenvalue weighted by molar-refractivity contribution is 14.0. The smallest absolute Gasteiger partial charge is 0.191 e. The summed E-state index contributed by atoms with van der Waals surface area (Å²) in [4.78, 5) is 8.72. The molecular formula is C15H27IN4OS. The number of nitrogens with one attached hydrogen (secondary N) is 2. The third kappa shape index (κ3) is 7.23. The molecule has 0 aliphatic carbocycles. The molecule has 1 atom stereocenters. The number of rotatable bonds is 7. The van der Waals surface area contributed by atoms with E-state index in [1.54, 1.807) is 11.3 Å². The van der Waals surface area contributed by atoms with Crippen molar-refractivity contribution in [3.8, 4) is 0 Å². The third-order valence-electron chi connectivity index (χ3n) is 3.52. The Labute approximate surface area is 154 Å². The fourth-order valence-corrected chi connectivity index (χ4v) is 3.18. The van der Waals surface area contributed by atoms with Gasteiger partial charge in [0, 0.05) is 37.8 Å². The van der Waals surface area contributed by atoms with E-state index in [0.29, 0.717) is 6.10 Å². The second kappa shape index (κ2) is 11.2. The molecule has 1 unspecified atom stereocenters. The molecule has 2 rings (SSSR count). The molecule has 22 heavy (non-hydrogen) atoms. The molecule has 1 aliphatic heterocycles. The van der Waals surface area contributed by atoms with E-state index in [1.807, 2.05) is 14.0 Å². The zero-order valence-electron chi connectivity index (χ0n) is 13.4. The standard InChI is InChI=1S/C15H26N4OS.HI/c1-12-11-21-14(19-12)7-3-4-8-17-15(16-2)18-10-13-6-5-9-20-13;/h11,13H,3-10H2,1-2H3,(H2,16,17,18);1H. The summed E-state index contributed by atoms with van der Waals surface area (Å²) in [5.41, 5.74) is 1.13. The number of halogens is 1. The number of thiazole rings is 1. The Kier molecular flexibility index (Phi) is 9.98. The molecule has 0 bridgehead atoms. The van der Waals surface area contributed by atoms with Crippen LogP contribution in [0.1, 0.15) is 36.4 Å². The number of ether oxygens (including phenoxy) is 1. The van der Waals surface area contributed by atoms with E-state index in [9.17, 15) is 0 Å². The second-order valence-electron chi connectivity index (χ2n) is 5.35. The number of aliphatic imine (C=N–C) groups is 1. The first-order valence-corrected chi connectivity index (χ1v) is 8.63. The van der Waals surface area contributed by atoms with Gasteiger partial charge in [0.2, 0.25) is 0 Å². The summed E-state index contributed by atoms with van der Waals surface area (Å²) in [6.45, 7) is 4.73. The molecular weight excluding hydrogens is 411 g/mol. The van der Waals surface area contributed by atoms with Crippen LogP contribution in [-0.2, 0) is 11.2 Å². The van der Waals surface area contributed by atoms with E-state index in [1.165, 1.54) is 11.4 Å². The number of aromatic nitrogens is 1. The first-order valence-electron chi connectivity index (χ1n) is 7.75. The van der Waals surface area contributed by atoms with Crippen LogP contribution in [0.3, 0.4) is 0 Å². The van der Waals surface area contributed by atoms with Crippen molar-refractivity contribution in [1.29, 1.82) is 0 Å². The number of hydrogen-bond acceptors (Lipinski definition) is 4. The monoisotopic (exact) mass is 438 g/mol.